The highest BCUT2D eigenvalue weighted by atomic mass is 16.5. The Labute approximate surface area is 397 Å². The molecule has 322 valence electrons. The maximum atomic E-state index is 7.26. The molecule has 1 aromatic heterocycles. The summed E-state index contributed by atoms with van der Waals surface area (Å²) in [6, 6.07) is 57.2. The first-order chi connectivity index (χ1) is 33.2. The van der Waals surface area contributed by atoms with Gasteiger partial charge in [-0.2, -0.15) is 0 Å². The lowest BCUT2D eigenvalue weighted by atomic mass is 9.30. The first kappa shape index (κ1) is 39.4. The lowest BCUT2D eigenvalue weighted by Gasteiger charge is -2.36. The Kier molecular flexibility index (Phi) is 8.30. The maximum Gasteiger partial charge on any atom is 0.260 e. The zero-order valence-corrected chi connectivity index (χ0v) is 38.8. The van der Waals surface area contributed by atoms with E-state index >= 15 is 0 Å². The van der Waals surface area contributed by atoms with Crippen LogP contribution in [-0.4, -0.2) is 24.7 Å². The molecule has 0 fully saturated rings. The first-order valence-electron chi connectivity index (χ1n) is 23.7. The summed E-state index contributed by atoms with van der Waals surface area (Å²) < 4.78 is 30.3. The number of para-hydroxylation sites is 4. The monoisotopic (exact) mass is 875 g/mol. The molecule has 14 rings (SSSR count). The van der Waals surface area contributed by atoms with E-state index in [1.54, 1.807) is 0 Å². The number of benzene rings is 9. The second kappa shape index (κ2) is 14.3. The summed E-state index contributed by atoms with van der Waals surface area (Å²) in [4.78, 5) is 0. The van der Waals surface area contributed by atoms with Gasteiger partial charge >= 0.3 is 0 Å². The number of aromatic nitrogens is 1. The summed E-state index contributed by atoms with van der Waals surface area (Å²) in [5, 5.41) is 2.42. The number of fused-ring (bicyclic) bond motifs is 11. The molecule has 0 radical (unpaired) electrons. The molecule has 0 spiro atoms. The van der Waals surface area contributed by atoms with Gasteiger partial charge in [0.05, 0.1) is 16.7 Å². The Hall–Kier alpha value is -7.83. The van der Waals surface area contributed by atoms with E-state index in [1.807, 2.05) is 0 Å². The molecular formula is C60H44B3NO4. The molecule has 0 atom stereocenters. The predicted molar refractivity (Wildman–Crippen MR) is 282 cm³/mol. The van der Waals surface area contributed by atoms with E-state index in [0.717, 1.165) is 101 Å². The molecular weight excluding hydrogens is 831 g/mol. The minimum atomic E-state index is -0.194. The largest absolute Gasteiger partial charge is 0.458 e. The third-order valence-electron chi connectivity index (χ3n) is 15.2. The van der Waals surface area contributed by atoms with Crippen LogP contribution in [0.3, 0.4) is 0 Å². The van der Waals surface area contributed by atoms with Crippen LogP contribution in [0.25, 0.3) is 27.5 Å². The minimum absolute atomic E-state index is 0.0473. The van der Waals surface area contributed by atoms with E-state index in [2.05, 4.69) is 204 Å². The average molecular weight is 875 g/mol. The van der Waals surface area contributed by atoms with Crippen molar-refractivity contribution in [1.82, 2.24) is 4.57 Å². The van der Waals surface area contributed by atoms with Gasteiger partial charge in [0.1, 0.15) is 46.0 Å². The van der Waals surface area contributed by atoms with Crippen LogP contribution in [0.1, 0.15) is 33.4 Å². The molecule has 0 saturated heterocycles. The summed E-state index contributed by atoms with van der Waals surface area (Å²) in [5.74, 6) is 6.96. The second-order valence-electron chi connectivity index (χ2n) is 19.5. The zero-order chi connectivity index (χ0) is 45.7. The van der Waals surface area contributed by atoms with Gasteiger partial charge in [-0.1, -0.05) is 130 Å². The van der Waals surface area contributed by atoms with E-state index in [4.69, 9.17) is 18.9 Å². The smallest absolute Gasteiger partial charge is 0.260 e. The highest BCUT2D eigenvalue weighted by molar-refractivity contribution is 7.01. The Morgan fingerprint density at radius 2 is 0.706 bits per heavy atom. The Morgan fingerprint density at radius 1 is 0.309 bits per heavy atom. The summed E-state index contributed by atoms with van der Waals surface area (Å²) in [6.45, 7) is 12.9. The van der Waals surface area contributed by atoms with Crippen molar-refractivity contribution in [3.8, 4) is 51.7 Å². The van der Waals surface area contributed by atoms with Crippen LogP contribution in [0.15, 0.2) is 158 Å². The average Bonchev–Trinajstić information content (AvgIpc) is 3.66. The van der Waals surface area contributed by atoms with E-state index in [-0.39, 0.29) is 20.1 Å². The molecule has 4 aliphatic rings. The van der Waals surface area contributed by atoms with Gasteiger partial charge in [0.15, 0.2) is 0 Å². The number of nitrogens with zero attached hydrogens (tertiary/aromatic N) is 1. The van der Waals surface area contributed by atoms with Gasteiger partial charge in [-0.05, 0) is 134 Å². The third kappa shape index (κ3) is 5.61. The van der Waals surface area contributed by atoms with Crippen molar-refractivity contribution >= 4 is 91.1 Å². The topological polar surface area (TPSA) is 41.9 Å². The molecule has 4 aliphatic heterocycles. The third-order valence-corrected chi connectivity index (χ3v) is 15.2. The van der Waals surface area contributed by atoms with Crippen molar-refractivity contribution in [3.05, 3.63) is 191 Å². The van der Waals surface area contributed by atoms with Gasteiger partial charge in [-0.3, -0.25) is 0 Å². The Balaban J connectivity index is 1.03. The normalized spacial score (nSPS) is 13.5. The number of rotatable bonds is 3. The van der Waals surface area contributed by atoms with Gasteiger partial charge in [0, 0.05) is 28.4 Å². The van der Waals surface area contributed by atoms with Crippen molar-refractivity contribution in [1.29, 1.82) is 0 Å². The minimum Gasteiger partial charge on any atom is -0.458 e. The number of hydrogen-bond acceptors (Lipinski definition) is 4. The standard InChI is InChI=1S/C60H44B3NO4/c1-33-23-37(5)58-54(25-33)65-50-21-13-9-17-42(50)61(58)44-31-46-52(27-35(44)3)67-56-29-39(64-48-19-11-7-15-40(48)41-16-8-12-20-49(41)64)30-57-60(56)63(46)47-32-45(36(4)28-53(47)68-57)62-43-18-10-14-22-51(43)66-55-26-34(2)24-38(6)59(55)62/h7-32H,1-6H3. The van der Waals surface area contributed by atoms with Crippen LogP contribution < -0.4 is 68.1 Å². The summed E-state index contributed by atoms with van der Waals surface area (Å²) >= 11 is 0. The number of hydrogen-bond donors (Lipinski definition) is 0. The Bertz CT molecular complexity index is 3630. The predicted octanol–water partition coefficient (Wildman–Crippen LogP) is 8.61. The van der Waals surface area contributed by atoms with Crippen LogP contribution in [0.4, 0.5) is 0 Å². The number of aryl methyl sites for hydroxylation is 6. The lowest BCUT2D eigenvalue weighted by Crippen LogP contribution is -2.62. The van der Waals surface area contributed by atoms with E-state index in [0.29, 0.717) is 0 Å². The first-order valence-corrected chi connectivity index (χ1v) is 23.7. The molecule has 8 heteroatoms. The fourth-order valence-corrected chi connectivity index (χ4v) is 12.4. The highest BCUT2D eigenvalue weighted by Crippen LogP contribution is 2.40. The van der Waals surface area contributed by atoms with Crippen LogP contribution >= 0.6 is 0 Å². The highest BCUT2D eigenvalue weighted by Gasteiger charge is 2.45. The quantitative estimate of drug-likeness (QED) is 0.167. The molecule has 68 heavy (non-hydrogen) atoms. The fourth-order valence-electron chi connectivity index (χ4n) is 12.4. The molecule has 0 N–H and O–H groups in total. The van der Waals surface area contributed by atoms with E-state index in [9.17, 15) is 0 Å². The lowest BCUT2D eigenvalue weighted by molar-refractivity contribution is 0.464. The molecule has 0 unspecified atom stereocenters. The van der Waals surface area contributed by atoms with Crippen LogP contribution in [0.5, 0.6) is 46.0 Å². The SMILES string of the molecule is Cc1cc(C)c2c(c1)Oc1ccccc1B2c1cc2c(cc1C)Oc1cc(-n3c4ccccc4c4ccccc43)cc3c1B2c1cc(B2c4ccccc4Oc4cc(C)cc(C)c42)c(C)cc1O3. The second-order valence-corrected chi connectivity index (χ2v) is 19.5. The van der Waals surface area contributed by atoms with Gasteiger partial charge in [-0.15, -0.1) is 0 Å². The Morgan fingerprint density at radius 3 is 1.19 bits per heavy atom. The van der Waals surface area contributed by atoms with Crippen molar-refractivity contribution in [2.24, 2.45) is 0 Å². The molecule has 0 bridgehead atoms. The van der Waals surface area contributed by atoms with Crippen LogP contribution in [0.2, 0.25) is 0 Å². The van der Waals surface area contributed by atoms with E-state index in [1.165, 1.54) is 54.9 Å². The molecule has 9 aromatic carbocycles. The van der Waals surface area contributed by atoms with Crippen molar-refractivity contribution < 1.29 is 18.9 Å². The molecule has 0 amide bonds. The van der Waals surface area contributed by atoms with Crippen molar-refractivity contribution in [2.45, 2.75) is 41.5 Å². The fraction of sp³-hybridized carbons (Fsp3) is 0.100. The van der Waals surface area contributed by atoms with Gasteiger partial charge in [-0.25, -0.2) is 0 Å². The van der Waals surface area contributed by atoms with Crippen LogP contribution in [-0.2, 0) is 0 Å². The maximum absolute atomic E-state index is 7.26. The van der Waals surface area contributed by atoms with Gasteiger partial charge < -0.3 is 23.5 Å². The van der Waals surface area contributed by atoms with Crippen molar-refractivity contribution in [2.75, 3.05) is 0 Å². The summed E-state index contributed by atoms with van der Waals surface area (Å²) in [7, 11) is 0. The van der Waals surface area contributed by atoms with Crippen LogP contribution in [0, 0.1) is 41.5 Å². The summed E-state index contributed by atoms with van der Waals surface area (Å²) in [5.41, 5.74) is 20.9. The molecule has 10 aromatic rings. The summed E-state index contributed by atoms with van der Waals surface area (Å²) in [6.07, 6.45) is 0. The zero-order valence-electron chi connectivity index (χ0n) is 38.8. The van der Waals surface area contributed by atoms with Crippen molar-refractivity contribution in [3.63, 3.8) is 0 Å². The van der Waals surface area contributed by atoms with E-state index < -0.39 is 0 Å². The molecule has 5 heterocycles. The molecule has 0 saturated carbocycles. The van der Waals surface area contributed by atoms with Gasteiger partial charge in [0.2, 0.25) is 0 Å². The molecule has 5 nitrogen and oxygen atoms in total. The number of ether oxygens (including phenoxy) is 4. The molecule has 0 aliphatic carbocycles. The van der Waals surface area contributed by atoms with Gasteiger partial charge in [0.25, 0.3) is 20.1 Å².